The molecule has 0 radical (unpaired) electrons. The maximum Gasteiger partial charge on any atom is 0.108 e. The van der Waals surface area contributed by atoms with Gasteiger partial charge < -0.3 is 0 Å². The molecule has 0 aromatic heterocycles. The van der Waals surface area contributed by atoms with Crippen LogP contribution in [0.3, 0.4) is 0 Å². The molecule has 3 aliphatic carbocycles. The van der Waals surface area contributed by atoms with E-state index >= 15 is 0 Å². The summed E-state index contributed by atoms with van der Waals surface area (Å²) in [6.45, 7) is 5.62. The Hall–Kier alpha value is -0.590. The molecule has 0 spiro atoms. The lowest BCUT2D eigenvalue weighted by atomic mass is 9.99. The van der Waals surface area contributed by atoms with Gasteiger partial charge in [0.15, 0.2) is 0 Å². The van der Waals surface area contributed by atoms with Crippen LogP contribution in [0.1, 0.15) is 51.9 Å². The molecule has 0 aliphatic heterocycles. The van der Waals surface area contributed by atoms with Crippen LogP contribution in [0.2, 0.25) is 0 Å². The maximum atomic E-state index is 9.50. The Morgan fingerprint density at radius 2 is 1.79 bits per heavy atom. The topological polar surface area (TPSA) is 39.1 Å². The molecule has 3 saturated carbocycles. The van der Waals surface area contributed by atoms with Crippen molar-refractivity contribution >= 4 is 0 Å². The summed E-state index contributed by atoms with van der Waals surface area (Å²) in [5.74, 6) is 1.94. The van der Waals surface area contributed by atoms with Crippen LogP contribution in [-0.2, 0) is 0 Å². The lowest BCUT2D eigenvalue weighted by molar-refractivity contribution is 0.176. The predicted molar refractivity (Wildman–Crippen MR) is 76.7 cm³/mol. The first-order valence-corrected chi connectivity index (χ1v) is 8.15. The van der Waals surface area contributed by atoms with Crippen LogP contribution in [0, 0.1) is 23.2 Å². The van der Waals surface area contributed by atoms with Crippen molar-refractivity contribution in [2.24, 2.45) is 11.8 Å². The summed E-state index contributed by atoms with van der Waals surface area (Å²) in [7, 11) is 0. The number of rotatable bonds is 7. The molecular formula is C16H27N3. The van der Waals surface area contributed by atoms with E-state index in [0.717, 1.165) is 31.2 Å². The summed E-state index contributed by atoms with van der Waals surface area (Å²) in [6, 6.07) is 3.22. The van der Waals surface area contributed by atoms with E-state index in [-0.39, 0.29) is 5.54 Å². The first kappa shape index (κ1) is 13.4. The molecule has 0 saturated heterocycles. The highest BCUT2D eigenvalue weighted by Crippen LogP contribution is 2.39. The van der Waals surface area contributed by atoms with Gasteiger partial charge in [-0.25, -0.2) is 0 Å². The van der Waals surface area contributed by atoms with Gasteiger partial charge in [0.2, 0.25) is 0 Å². The Morgan fingerprint density at radius 1 is 1.16 bits per heavy atom. The minimum atomic E-state index is -0.231. The summed E-state index contributed by atoms with van der Waals surface area (Å²) in [5, 5.41) is 12.9. The quantitative estimate of drug-likeness (QED) is 0.765. The third kappa shape index (κ3) is 3.30. The van der Waals surface area contributed by atoms with Gasteiger partial charge in [0.05, 0.1) is 6.07 Å². The zero-order valence-corrected chi connectivity index (χ0v) is 12.2. The normalized spacial score (nSPS) is 34.7. The Kier molecular flexibility index (Phi) is 3.82. The van der Waals surface area contributed by atoms with E-state index in [9.17, 15) is 5.26 Å². The average molecular weight is 261 g/mol. The van der Waals surface area contributed by atoms with Crippen LogP contribution in [0.4, 0.5) is 0 Å². The average Bonchev–Trinajstić information content (AvgIpc) is 3.33. The van der Waals surface area contributed by atoms with E-state index in [1.165, 1.54) is 45.2 Å². The lowest BCUT2D eigenvalue weighted by Gasteiger charge is -2.30. The predicted octanol–water partition coefficient (Wildman–Crippen LogP) is 2.53. The Balaban J connectivity index is 1.60. The van der Waals surface area contributed by atoms with Gasteiger partial charge in [-0.05, 0) is 63.3 Å². The molecule has 3 fully saturated rings. The van der Waals surface area contributed by atoms with Crippen LogP contribution >= 0.6 is 0 Å². The number of nitriles is 1. The maximum absolute atomic E-state index is 9.50. The van der Waals surface area contributed by atoms with Crippen LogP contribution in [0.25, 0.3) is 0 Å². The molecule has 1 N–H and O–H groups in total. The van der Waals surface area contributed by atoms with Gasteiger partial charge in [0.25, 0.3) is 0 Å². The third-order valence-corrected chi connectivity index (χ3v) is 5.11. The van der Waals surface area contributed by atoms with Gasteiger partial charge in [-0.1, -0.05) is 6.92 Å². The lowest BCUT2D eigenvalue weighted by Crippen LogP contribution is -2.44. The van der Waals surface area contributed by atoms with E-state index in [1.54, 1.807) is 0 Å². The smallest absolute Gasteiger partial charge is 0.108 e. The van der Waals surface area contributed by atoms with Crippen LogP contribution in [0.15, 0.2) is 0 Å². The highest BCUT2D eigenvalue weighted by molar-refractivity contribution is 5.13. The van der Waals surface area contributed by atoms with Gasteiger partial charge in [0, 0.05) is 19.1 Å². The first-order chi connectivity index (χ1) is 9.24. The van der Waals surface area contributed by atoms with Gasteiger partial charge in [-0.2, -0.15) is 5.26 Å². The third-order valence-electron chi connectivity index (χ3n) is 5.11. The van der Waals surface area contributed by atoms with Crippen LogP contribution in [0.5, 0.6) is 0 Å². The van der Waals surface area contributed by atoms with Crippen LogP contribution in [-0.4, -0.2) is 36.1 Å². The second-order valence-electron chi connectivity index (χ2n) is 6.96. The number of nitrogens with one attached hydrogen (secondary N) is 1. The second-order valence-corrected chi connectivity index (χ2v) is 6.96. The molecule has 0 aromatic carbocycles. The number of hydrogen-bond acceptors (Lipinski definition) is 3. The minimum Gasteiger partial charge on any atom is -0.300 e. The van der Waals surface area contributed by atoms with Crippen molar-refractivity contribution < 1.29 is 0 Å². The monoisotopic (exact) mass is 261 g/mol. The molecule has 3 nitrogen and oxygen atoms in total. The fourth-order valence-corrected chi connectivity index (χ4v) is 3.61. The molecule has 106 valence electrons. The molecule has 3 heteroatoms. The molecule has 2 atom stereocenters. The summed E-state index contributed by atoms with van der Waals surface area (Å²) >= 11 is 0. The van der Waals surface area contributed by atoms with E-state index in [0.29, 0.717) is 6.04 Å². The van der Waals surface area contributed by atoms with E-state index in [4.69, 9.17) is 0 Å². The first-order valence-electron chi connectivity index (χ1n) is 8.15. The number of nitrogens with zero attached hydrogens (tertiary/aromatic N) is 2. The summed E-state index contributed by atoms with van der Waals surface area (Å²) < 4.78 is 0. The minimum absolute atomic E-state index is 0.231. The van der Waals surface area contributed by atoms with Crippen molar-refractivity contribution in [3.8, 4) is 6.07 Å². The van der Waals surface area contributed by atoms with Crippen molar-refractivity contribution in [2.75, 3.05) is 19.6 Å². The molecule has 0 amide bonds. The van der Waals surface area contributed by atoms with Gasteiger partial charge >= 0.3 is 0 Å². The molecule has 19 heavy (non-hydrogen) atoms. The fourth-order valence-electron chi connectivity index (χ4n) is 3.61. The van der Waals surface area contributed by atoms with Gasteiger partial charge in [0.1, 0.15) is 5.54 Å². The zero-order chi connectivity index (χ0) is 13.3. The SMILES string of the molecule is CCNC1(C#N)CCC(N(CC2CC2)CC2CC2)C1. The molecular weight excluding hydrogens is 234 g/mol. The largest absolute Gasteiger partial charge is 0.300 e. The van der Waals surface area contributed by atoms with Crippen LogP contribution < -0.4 is 5.32 Å². The molecule has 0 aromatic rings. The zero-order valence-electron chi connectivity index (χ0n) is 12.2. The fraction of sp³-hybridized carbons (Fsp3) is 0.938. The standard InChI is InChI=1S/C16H27N3/c1-2-18-16(12-17)8-7-15(9-16)19(10-13-3-4-13)11-14-5-6-14/h13-15,18H,2-11H2,1H3. The van der Waals surface area contributed by atoms with E-state index < -0.39 is 0 Å². The Bertz CT molecular complexity index is 339. The summed E-state index contributed by atoms with van der Waals surface area (Å²) in [4.78, 5) is 2.74. The molecule has 0 bridgehead atoms. The van der Waals surface area contributed by atoms with Gasteiger partial charge in [-0.15, -0.1) is 0 Å². The molecule has 2 unspecified atom stereocenters. The highest BCUT2D eigenvalue weighted by Gasteiger charge is 2.43. The molecule has 0 heterocycles. The molecule has 3 rings (SSSR count). The second kappa shape index (κ2) is 5.42. The Morgan fingerprint density at radius 3 is 2.26 bits per heavy atom. The Labute approximate surface area is 117 Å². The van der Waals surface area contributed by atoms with E-state index in [2.05, 4.69) is 23.2 Å². The van der Waals surface area contributed by atoms with Crippen molar-refractivity contribution in [1.29, 1.82) is 5.26 Å². The highest BCUT2D eigenvalue weighted by atomic mass is 15.2. The summed E-state index contributed by atoms with van der Waals surface area (Å²) in [5.41, 5.74) is -0.231. The van der Waals surface area contributed by atoms with Crippen molar-refractivity contribution in [2.45, 2.75) is 63.5 Å². The van der Waals surface area contributed by atoms with Gasteiger partial charge in [-0.3, -0.25) is 10.2 Å². The molecule has 3 aliphatic rings. The van der Waals surface area contributed by atoms with Crippen molar-refractivity contribution in [3.05, 3.63) is 0 Å². The van der Waals surface area contributed by atoms with E-state index in [1.807, 2.05) is 0 Å². The van der Waals surface area contributed by atoms with Crippen molar-refractivity contribution in [1.82, 2.24) is 10.2 Å². The summed E-state index contributed by atoms with van der Waals surface area (Å²) in [6.07, 6.45) is 9.02. The van der Waals surface area contributed by atoms with Crippen molar-refractivity contribution in [3.63, 3.8) is 0 Å². The number of hydrogen-bond donors (Lipinski definition) is 1.